The number of nitrogens with one attached hydrogen (secondary N) is 1. The van der Waals surface area contributed by atoms with Crippen molar-refractivity contribution in [1.29, 1.82) is 0 Å². The molecule has 2 rings (SSSR count). The fraction of sp³-hybridized carbons (Fsp3) is 0.462. The zero-order valence-electron chi connectivity index (χ0n) is 9.83. The Morgan fingerprint density at radius 2 is 2.29 bits per heavy atom. The van der Waals surface area contributed by atoms with Crippen LogP contribution in [0.4, 0.5) is 0 Å². The van der Waals surface area contributed by atoms with E-state index >= 15 is 0 Å². The van der Waals surface area contributed by atoms with Crippen molar-refractivity contribution in [2.75, 3.05) is 7.11 Å². The van der Waals surface area contributed by atoms with Crippen LogP contribution in [0.15, 0.2) is 18.2 Å². The Bertz CT molecular complexity index is 416. The Hall–Kier alpha value is -1.22. The number of hydrogen-bond acceptors (Lipinski definition) is 2. The van der Waals surface area contributed by atoms with E-state index in [-0.39, 0.29) is 5.91 Å². The molecule has 1 aromatic rings. The molecule has 0 atom stereocenters. The molecule has 3 nitrogen and oxygen atoms in total. The number of ether oxygens (including phenoxy) is 1. The van der Waals surface area contributed by atoms with Gasteiger partial charge < -0.3 is 10.1 Å². The number of methoxy groups -OCH3 is 1. The van der Waals surface area contributed by atoms with Gasteiger partial charge in [-0.3, -0.25) is 4.79 Å². The predicted molar refractivity (Wildman–Crippen MR) is 67.5 cm³/mol. The molecule has 1 aliphatic rings. The quantitative estimate of drug-likeness (QED) is 0.876. The van der Waals surface area contributed by atoms with Crippen LogP contribution in [0.5, 0.6) is 5.75 Å². The van der Waals surface area contributed by atoms with Crippen molar-refractivity contribution in [2.24, 2.45) is 0 Å². The molecule has 17 heavy (non-hydrogen) atoms. The molecule has 0 heterocycles. The van der Waals surface area contributed by atoms with Crippen LogP contribution >= 0.6 is 11.6 Å². The molecule has 0 aliphatic heterocycles. The van der Waals surface area contributed by atoms with Gasteiger partial charge in [0, 0.05) is 12.5 Å². The van der Waals surface area contributed by atoms with Crippen molar-refractivity contribution >= 4 is 17.5 Å². The molecule has 1 fully saturated rings. The first-order valence-corrected chi connectivity index (χ1v) is 6.18. The zero-order chi connectivity index (χ0) is 12.3. The lowest BCUT2D eigenvalue weighted by molar-refractivity contribution is -0.121. The van der Waals surface area contributed by atoms with E-state index in [1.165, 1.54) is 0 Å². The summed E-state index contributed by atoms with van der Waals surface area (Å²) in [4.78, 5) is 11.5. The largest absolute Gasteiger partial charge is 0.495 e. The maximum atomic E-state index is 11.5. The van der Waals surface area contributed by atoms with E-state index in [2.05, 4.69) is 5.32 Å². The molecule has 4 heteroatoms. The minimum Gasteiger partial charge on any atom is -0.495 e. The minimum atomic E-state index is 0.124. The Morgan fingerprint density at radius 3 is 2.88 bits per heavy atom. The number of amides is 1. The molecule has 0 radical (unpaired) electrons. The van der Waals surface area contributed by atoms with Crippen molar-refractivity contribution in [3.05, 3.63) is 28.8 Å². The molecular formula is C13H16ClNO2. The average molecular weight is 254 g/mol. The Kier molecular flexibility index (Phi) is 3.89. The van der Waals surface area contributed by atoms with Crippen LogP contribution < -0.4 is 10.1 Å². The third-order valence-corrected chi connectivity index (χ3v) is 3.09. The highest BCUT2D eigenvalue weighted by molar-refractivity contribution is 6.32. The molecule has 0 unspecified atom stereocenters. The minimum absolute atomic E-state index is 0.124. The highest BCUT2D eigenvalue weighted by Gasteiger charge is 2.22. The second-order valence-electron chi connectivity index (χ2n) is 4.31. The molecule has 0 aromatic heterocycles. The van der Waals surface area contributed by atoms with Crippen LogP contribution in [0.2, 0.25) is 5.02 Å². The highest BCUT2D eigenvalue weighted by atomic mass is 35.5. The van der Waals surface area contributed by atoms with Crippen LogP contribution in [-0.2, 0) is 11.2 Å². The molecule has 1 aliphatic carbocycles. The Labute approximate surface area is 106 Å². The Morgan fingerprint density at radius 1 is 1.53 bits per heavy atom. The lowest BCUT2D eigenvalue weighted by Crippen LogP contribution is -2.25. The first-order valence-electron chi connectivity index (χ1n) is 5.81. The number of rotatable bonds is 5. The van der Waals surface area contributed by atoms with E-state index in [1.807, 2.05) is 18.2 Å². The van der Waals surface area contributed by atoms with E-state index in [0.717, 1.165) is 18.4 Å². The third kappa shape index (κ3) is 3.63. The van der Waals surface area contributed by atoms with Gasteiger partial charge in [0.2, 0.25) is 5.91 Å². The summed E-state index contributed by atoms with van der Waals surface area (Å²) in [6.45, 7) is 0. The molecule has 92 valence electrons. The first-order chi connectivity index (χ1) is 8.19. The second-order valence-corrected chi connectivity index (χ2v) is 4.72. The van der Waals surface area contributed by atoms with Gasteiger partial charge in [-0.25, -0.2) is 0 Å². The lowest BCUT2D eigenvalue weighted by Gasteiger charge is -2.06. The normalized spacial score (nSPS) is 14.5. The van der Waals surface area contributed by atoms with Gasteiger partial charge in [0.1, 0.15) is 5.75 Å². The van der Waals surface area contributed by atoms with E-state index in [0.29, 0.717) is 29.7 Å². The number of aryl methyl sites for hydroxylation is 1. The van der Waals surface area contributed by atoms with E-state index in [9.17, 15) is 4.79 Å². The van der Waals surface area contributed by atoms with Gasteiger partial charge in [0.25, 0.3) is 0 Å². The van der Waals surface area contributed by atoms with Gasteiger partial charge >= 0.3 is 0 Å². The molecule has 1 aromatic carbocycles. The molecule has 1 saturated carbocycles. The number of carbonyl (C=O) groups is 1. The van der Waals surface area contributed by atoms with E-state index < -0.39 is 0 Å². The van der Waals surface area contributed by atoms with Gasteiger partial charge in [-0.2, -0.15) is 0 Å². The van der Waals surface area contributed by atoms with Crippen molar-refractivity contribution in [3.63, 3.8) is 0 Å². The molecule has 0 saturated heterocycles. The van der Waals surface area contributed by atoms with Gasteiger partial charge in [0.05, 0.1) is 12.1 Å². The van der Waals surface area contributed by atoms with Crippen LogP contribution in [0, 0.1) is 0 Å². The summed E-state index contributed by atoms with van der Waals surface area (Å²) in [6.07, 6.45) is 3.47. The molecule has 0 spiro atoms. The van der Waals surface area contributed by atoms with Crippen LogP contribution in [-0.4, -0.2) is 19.1 Å². The highest BCUT2D eigenvalue weighted by Crippen LogP contribution is 2.25. The van der Waals surface area contributed by atoms with Gasteiger partial charge in [-0.15, -0.1) is 0 Å². The van der Waals surface area contributed by atoms with Gasteiger partial charge in [-0.1, -0.05) is 17.7 Å². The van der Waals surface area contributed by atoms with Gasteiger partial charge in [-0.05, 0) is 37.0 Å². The summed E-state index contributed by atoms with van der Waals surface area (Å²) >= 11 is 6.01. The number of carbonyl (C=O) groups excluding carboxylic acids is 1. The maximum Gasteiger partial charge on any atom is 0.220 e. The van der Waals surface area contributed by atoms with Crippen LogP contribution in [0.3, 0.4) is 0 Å². The maximum absolute atomic E-state index is 11.5. The fourth-order valence-corrected chi connectivity index (χ4v) is 1.93. The van der Waals surface area contributed by atoms with Gasteiger partial charge in [0.15, 0.2) is 0 Å². The summed E-state index contributed by atoms with van der Waals surface area (Å²) in [5, 5.41) is 3.56. The summed E-state index contributed by atoms with van der Waals surface area (Å²) in [7, 11) is 1.59. The van der Waals surface area contributed by atoms with Crippen molar-refractivity contribution < 1.29 is 9.53 Å². The lowest BCUT2D eigenvalue weighted by atomic mass is 10.1. The predicted octanol–water partition coefficient (Wildman–Crippen LogP) is 2.56. The SMILES string of the molecule is COc1ccc(CCC(=O)NC2CC2)cc1Cl. The molecule has 0 bridgehead atoms. The standard InChI is InChI=1S/C13H16ClNO2/c1-17-12-6-2-9(8-11(12)14)3-7-13(16)15-10-4-5-10/h2,6,8,10H,3-5,7H2,1H3,(H,15,16). The summed E-state index contributed by atoms with van der Waals surface area (Å²) in [5.74, 6) is 0.789. The van der Waals surface area contributed by atoms with Crippen LogP contribution in [0.1, 0.15) is 24.8 Å². The van der Waals surface area contributed by atoms with E-state index in [1.54, 1.807) is 7.11 Å². The summed E-state index contributed by atoms with van der Waals surface area (Å²) < 4.78 is 5.08. The Balaban J connectivity index is 1.85. The summed E-state index contributed by atoms with van der Waals surface area (Å²) in [5.41, 5.74) is 1.06. The van der Waals surface area contributed by atoms with Crippen molar-refractivity contribution in [1.82, 2.24) is 5.32 Å². The molecule has 1 N–H and O–H groups in total. The second kappa shape index (κ2) is 5.41. The topological polar surface area (TPSA) is 38.3 Å². The van der Waals surface area contributed by atoms with Crippen molar-refractivity contribution in [2.45, 2.75) is 31.7 Å². The van der Waals surface area contributed by atoms with E-state index in [4.69, 9.17) is 16.3 Å². The number of hydrogen-bond donors (Lipinski definition) is 1. The molecule has 1 amide bonds. The third-order valence-electron chi connectivity index (χ3n) is 2.80. The van der Waals surface area contributed by atoms with Crippen LogP contribution in [0.25, 0.3) is 0 Å². The summed E-state index contributed by atoms with van der Waals surface area (Å²) in [6, 6.07) is 6.05. The fourth-order valence-electron chi connectivity index (χ4n) is 1.65. The zero-order valence-corrected chi connectivity index (χ0v) is 10.6. The first kappa shape index (κ1) is 12.2. The van der Waals surface area contributed by atoms with Crippen molar-refractivity contribution in [3.8, 4) is 5.75 Å². The molecular weight excluding hydrogens is 238 g/mol. The average Bonchev–Trinajstić information content (AvgIpc) is 3.10. The number of benzene rings is 1. The monoisotopic (exact) mass is 253 g/mol. The number of halogens is 1. The smallest absolute Gasteiger partial charge is 0.220 e.